The fourth-order valence-corrected chi connectivity index (χ4v) is 5.87. The van der Waals surface area contributed by atoms with Crippen LogP contribution in [0.3, 0.4) is 0 Å². The number of halogens is 1. The number of hydrogen-bond donors (Lipinski definition) is 0. The highest BCUT2D eigenvalue weighted by Crippen LogP contribution is 2.56. The van der Waals surface area contributed by atoms with Crippen LogP contribution < -0.4 is 9.47 Å². The molecule has 1 amide bonds. The van der Waals surface area contributed by atoms with Crippen molar-refractivity contribution >= 4 is 5.91 Å². The van der Waals surface area contributed by atoms with Crippen LogP contribution in [0.15, 0.2) is 42.5 Å². The molecular weight excluding hydrogens is 383 g/mol. The Kier molecular flexibility index (Phi) is 4.69. The summed E-state index contributed by atoms with van der Waals surface area (Å²) in [7, 11) is 3.24. The van der Waals surface area contributed by atoms with Crippen LogP contribution in [-0.2, 0) is 11.3 Å². The summed E-state index contributed by atoms with van der Waals surface area (Å²) in [4.78, 5) is 17.9. The highest BCUT2D eigenvalue weighted by atomic mass is 19.1. The van der Waals surface area contributed by atoms with Crippen LogP contribution in [0.1, 0.15) is 36.4 Å². The largest absolute Gasteiger partial charge is 0.497 e. The second-order valence-electron chi connectivity index (χ2n) is 8.59. The summed E-state index contributed by atoms with van der Waals surface area (Å²) in [5.41, 5.74) is 1.27. The van der Waals surface area contributed by atoms with Gasteiger partial charge in [-0.05, 0) is 61.7 Å². The van der Waals surface area contributed by atoms with E-state index < -0.39 is 5.54 Å². The van der Waals surface area contributed by atoms with E-state index in [1.165, 1.54) is 6.07 Å². The fraction of sp³-hybridized carbons (Fsp3) is 0.458. The fourth-order valence-electron chi connectivity index (χ4n) is 5.87. The molecule has 3 aliphatic heterocycles. The smallest absolute Gasteiger partial charge is 0.243 e. The lowest BCUT2D eigenvalue weighted by molar-refractivity contribution is -0.137. The van der Waals surface area contributed by atoms with E-state index in [2.05, 4.69) is 4.90 Å². The van der Waals surface area contributed by atoms with Crippen molar-refractivity contribution in [2.45, 2.75) is 37.4 Å². The topological polar surface area (TPSA) is 42.0 Å². The molecule has 0 unspecified atom stereocenters. The first kappa shape index (κ1) is 19.4. The van der Waals surface area contributed by atoms with E-state index in [1.807, 2.05) is 29.2 Å². The van der Waals surface area contributed by atoms with Gasteiger partial charge in [-0.3, -0.25) is 9.69 Å². The van der Waals surface area contributed by atoms with Crippen LogP contribution in [0.25, 0.3) is 0 Å². The van der Waals surface area contributed by atoms with Crippen LogP contribution in [0.2, 0.25) is 0 Å². The van der Waals surface area contributed by atoms with Gasteiger partial charge in [0.2, 0.25) is 5.91 Å². The van der Waals surface area contributed by atoms with Gasteiger partial charge in [-0.1, -0.05) is 12.1 Å². The summed E-state index contributed by atoms with van der Waals surface area (Å²) < 4.78 is 25.3. The van der Waals surface area contributed by atoms with E-state index >= 15 is 0 Å². The Labute approximate surface area is 176 Å². The third kappa shape index (κ3) is 2.81. The molecule has 3 saturated heterocycles. The van der Waals surface area contributed by atoms with Gasteiger partial charge in [0.25, 0.3) is 0 Å². The zero-order chi connectivity index (χ0) is 20.9. The molecular formula is C24H27FN2O3. The number of hydrogen-bond acceptors (Lipinski definition) is 4. The molecule has 158 valence electrons. The molecule has 0 aromatic heterocycles. The Morgan fingerprint density at radius 1 is 1.10 bits per heavy atom. The van der Waals surface area contributed by atoms with Gasteiger partial charge in [-0.15, -0.1) is 0 Å². The molecule has 5 rings (SSSR count). The van der Waals surface area contributed by atoms with Crippen molar-refractivity contribution in [3.63, 3.8) is 0 Å². The van der Waals surface area contributed by atoms with Crippen LogP contribution in [0, 0.1) is 11.7 Å². The SMILES string of the molecule is COc1ccc(CN2C[C@@H]3C[C@@H](c4cc(OC)ccc4F)N4CCC[C@@]34C2=O)cc1. The second kappa shape index (κ2) is 7.27. The maximum atomic E-state index is 14.7. The summed E-state index contributed by atoms with van der Waals surface area (Å²) in [6, 6.07) is 12.7. The van der Waals surface area contributed by atoms with Gasteiger partial charge in [-0.2, -0.15) is 0 Å². The van der Waals surface area contributed by atoms with E-state index in [4.69, 9.17) is 9.47 Å². The maximum absolute atomic E-state index is 14.7. The lowest BCUT2D eigenvalue weighted by atomic mass is 9.85. The van der Waals surface area contributed by atoms with E-state index in [9.17, 15) is 9.18 Å². The third-order valence-corrected chi connectivity index (χ3v) is 7.22. The molecule has 3 atom stereocenters. The summed E-state index contributed by atoms with van der Waals surface area (Å²) in [6.45, 7) is 2.16. The predicted molar refractivity (Wildman–Crippen MR) is 111 cm³/mol. The first-order valence-electron chi connectivity index (χ1n) is 10.6. The highest BCUT2D eigenvalue weighted by Gasteiger charge is 2.65. The summed E-state index contributed by atoms with van der Waals surface area (Å²) >= 11 is 0. The molecule has 2 aromatic rings. The van der Waals surface area contributed by atoms with Gasteiger partial charge in [0.15, 0.2) is 0 Å². The van der Waals surface area contributed by atoms with Crippen molar-refractivity contribution < 1.29 is 18.7 Å². The molecule has 0 aliphatic carbocycles. The number of carbonyl (C=O) groups is 1. The van der Waals surface area contributed by atoms with Crippen LogP contribution in [0.5, 0.6) is 11.5 Å². The molecule has 0 bridgehead atoms. The Morgan fingerprint density at radius 2 is 1.83 bits per heavy atom. The summed E-state index contributed by atoms with van der Waals surface area (Å²) in [6.07, 6.45) is 2.63. The van der Waals surface area contributed by atoms with E-state index in [1.54, 1.807) is 26.4 Å². The normalized spacial score (nSPS) is 28.0. The maximum Gasteiger partial charge on any atom is 0.243 e. The number of ether oxygens (including phenoxy) is 2. The lowest BCUT2D eigenvalue weighted by Crippen LogP contribution is -2.49. The standard InChI is InChI=1S/C24H27FN2O3/c1-29-18-6-4-16(5-7-18)14-26-15-17-12-22(20-13-19(30-2)8-9-21(20)25)27-11-3-10-24(17,27)23(26)28/h4-9,13,17,22H,3,10-12,14-15H2,1-2H3/t17-,22-,24-/m0/s1. The molecule has 3 aliphatic rings. The lowest BCUT2D eigenvalue weighted by Gasteiger charge is -2.34. The second-order valence-corrected chi connectivity index (χ2v) is 8.59. The first-order valence-corrected chi connectivity index (χ1v) is 10.6. The van der Waals surface area contributed by atoms with Crippen LogP contribution >= 0.6 is 0 Å². The molecule has 2 aromatic carbocycles. The minimum atomic E-state index is -0.480. The number of rotatable bonds is 5. The molecule has 0 saturated carbocycles. The van der Waals surface area contributed by atoms with Crippen LogP contribution in [0.4, 0.5) is 4.39 Å². The van der Waals surface area contributed by atoms with Crippen molar-refractivity contribution in [2.75, 3.05) is 27.3 Å². The van der Waals surface area contributed by atoms with Gasteiger partial charge in [0.05, 0.1) is 14.2 Å². The van der Waals surface area contributed by atoms with Crippen molar-refractivity contribution in [1.82, 2.24) is 9.80 Å². The monoisotopic (exact) mass is 410 g/mol. The Hall–Kier alpha value is -2.60. The number of carbonyl (C=O) groups excluding carboxylic acids is 1. The molecule has 3 heterocycles. The molecule has 0 N–H and O–H groups in total. The summed E-state index contributed by atoms with van der Waals surface area (Å²) in [5, 5.41) is 0. The Morgan fingerprint density at radius 3 is 2.57 bits per heavy atom. The quantitative estimate of drug-likeness (QED) is 0.752. The van der Waals surface area contributed by atoms with E-state index in [-0.39, 0.29) is 23.7 Å². The zero-order valence-electron chi connectivity index (χ0n) is 17.4. The van der Waals surface area contributed by atoms with Gasteiger partial charge in [0, 0.05) is 30.6 Å². The van der Waals surface area contributed by atoms with Crippen molar-refractivity contribution in [3.05, 3.63) is 59.4 Å². The van der Waals surface area contributed by atoms with E-state index in [0.29, 0.717) is 17.9 Å². The van der Waals surface area contributed by atoms with Gasteiger partial charge < -0.3 is 14.4 Å². The van der Waals surface area contributed by atoms with Crippen LogP contribution in [-0.4, -0.2) is 48.6 Å². The number of benzene rings is 2. The van der Waals surface area contributed by atoms with Gasteiger partial charge in [0.1, 0.15) is 22.9 Å². The van der Waals surface area contributed by atoms with Gasteiger partial charge >= 0.3 is 0 Å². The number of likely N-dealkylation sites (tertiary alicyclic amines) is 1. The molecule has 1 spiro atoms. The molecule has 6 heteroatoms. The number of methoxy groups -OCH3 is 2. The first-order chi connectivity index (χ1) is 14.6. The average molecular weight is 410 g/mol. The molecule has 0 radical (unpaired) electrons. The Balaban J connectivity index is 1.41. The number of nitrogens with zero attached hydrogens (tertiary/aromatic N) is 2. The molecule has 5 nitrogen and oxygen atoms in total. The van der Waals surface area contributed by atoms with Crippen molar-refractivity contribution in [1.29, 1.82) is 0 Å². The van der Waals surface area contributed by atoms with Gasteiger partial charge in [-0.25, -0.2) is 4.39 Å². The third-order valence-electron chi connectivity index (χ3n) is 7.22. The predicted octanol–water partition coefficient (Wildman–Crippen LogP) is 3.78. The van der Waals surface area contributed by atoms with Crippen molar-refractivity contribution in [2.24, 2.45) is 5.92 Å². The Bertz CT molecular complexity index is 963. The average Bonchev–Trinajstić information content (AvgIpc) is 3.40. The minimum absolute atomic E-state index is 0.0697. The summed E-state index contributed by atoms with van der Waals surface area (Å²) in [5.74, 6) is 1.68. The molecule has 30 heavy (non-hydrogen) atoms. The van der Waals surface area contributed by atoms with Crippen molar-refractivity contribution in [3.8, 4) is 11.5 Å². The minimum Gasteiger partial charge on any atom is -0.497 e. The highest BCUT2D eigenvalue weighted by molar-refractivity contribution is 5.90. The molecule has 3 fully saturated rings. The zero-order valence-corrected chi connectivity index (χ0v) is 17.4. The number of amides is 1. The van der Waals surface area contributed by atoms with E-state index in [0.717, 1.165) is 43.7 Å².